The molecule has 0 bridgehead atoms. The van der Waals surface area contributed by atoms with Gasteiger partial charge in [0.1, 0.15) is 0 Å². The summed E-state index contributed by atoms with van der Waals surface area (Å²) in [6, 6.07) is 22.6. The van der Waals surface area contributed by atoms with Crippen molar-refractivity contribution in [1.82, 2.24) is 0 Å². The molecule has 0 aromatic heterocycles. The summed E-state index contributed by atoms with van der Waals surface area (Å²) >= 11 is 6.18. The van der Waals surface area contributed by atoms with E-state index < -0.39 is 0 Å². The second-order valence-corrected chi connectivity index (χ2v) is 4.79. The predicted molar refractivity (Wildman–Crippen MR) is 83.1 cm³/mol. The minimum atomic E-state index is -0.227. The van der Waals surface area contributed by atoms with E-state index in [1.165, 1.54) is 0 Å². The molecule has 3 aromatic rings. The number of rotatable bonds is 2. The van der Waals surface area contributed by atoms with Crippen LogP contribution in [0.15, 0.2) is 72.8 Å². The van der Waals surface area contributed by atoms with Gasteiger partial charge in [0.25, 0.3) is 5.91 Å². The van der Waals surface area contributed by atoms with Gasteiger partial charge in [-0.2, -0.15) is 0 Å². The van der Waals surface area contributed by atoms with Crippen LogP contribution in [0, 0.1) is 0 Å². The lowest BCUT2D eigenvalue weighted by Crippen LogP contribution is -2.20. The lowest BCUT2D eigenvalue weighted by Gasteiger charge is -2.15. The molecule has 0 aliphatic rings. The average Bonchev–Trinajstić information content (AvgIpc) is 2.54. The van der Waals surface area contributed by atoms with Crippen LogP contribution in [0.2, 0.25) is 0 Å². The van der Waals surface area contributed by atoms with Gasteiger partial charge >= 0.3 is 0 Å². The highest BCUT2D eigenvalue weighted by Gasteiger charge is 2.17. The van der Waals surface area contributed by atoms with Crippen molar-refractivity contribution in [3.63, 3.8) is 0 Å². The van der Waals surface area contributed by atoms with Crippen LogP contribution < -0.4 is 4.42 Å². The van der Waals surface area contributed by atoms with Crippen LogP contribution in [0.1, 0.15) is 10.4 Å². The molecule has 0 atom stereocenters. The molecular weight excluding hydrogens is 270 g/mol. The monoisotopic (exact) mass is 281 g/mol. The highest BCUT2D eigenvalue weighted by Crippen LogP contribution is 2.24. The Hall–Kier alpha value is -2.32. The molecule has 0 radical (unpaired) electrons. The number of fused-ring (bicyclic) bond motifs is 1. The Labute approximate surface area is 122 Å². The second kappa shape index (κ2) is 5.35. The van der Waals surface area contributed by atoms with Gasteiger partial charge in [-0.25, -0.2) is 4.42 Å². The SMILES string of the molecule is O=C(c1cccc2ccccc12)N(Cl)c1ccccc1. The Morgan fingerprint density at radius 2 is 1.45 bits per heavy atom. The zero-order valence-electron chi connectivity index (χ0n) is 10.7. The number of para-hydroxylation sites is 1. The van der Waals surface area contributed by atoms with E-state index in [2.05, 4.69) is 0 Å². The van der Waals surface area contributed by atoms with Crippen LogP contribution in [0.5, 0.6) is 0 Å². The molecule has 0 N–H and O–H groups in total. The van der Waals surface area contributed by atoms with E-state index in [0.29, 0.717) is 11.3 Å². The molecule has 3 heteroatoms. The Bertz CT molecular complexity index is 750. The lowest BCUT2D eigenvalue weighted by atomic mass is 10.0. The number of nitrogens with zero attached hydrogens (tertiary/aromatic N) is 1. The smallest absolute Gasteiger partial charge is 0.267 e. The summed E-state index contributed by atoms with van der Waals surface area (Å²) in [6.45, 7) is 0. The fraction of sp³-hybridized carbons (Fsp3) is 0. The fourth-order valence-electron chi connectivity index (χ4n) is 2.19. The van der Waals surface area contributed by atoms with Crippen molar-refractivity contribution in [3.8, 4) is 0 Å². The average molecular weight is 282 g/mol. The van der Waals surface area contributed by atoms with Crippen LogP contribution >= 0.6 is 11.8 Å². The van der Waals surface area contributed by atoms with Gasteiger partial charge in [0.15, 0.2) is 0 Å². The van der Waals surface area contributed by atoms with Crippen LogP contribution in [0.3, 0.4) is 0 Å². The third kappa shape index (κ3) is 2.26. The zero-order chi connectivity index (χ0) is 13.9. The van der Waals surface area contributed by atoms with Gasteiger partial charge in [0.2, 0.25) is 0 Å². The Morgan fingerprint density at radius 1 is 0.800 bits per heavy atom. The first kappa shape index (κ1) is 12.7. The number of benzene rings is 3. The van der Waals surface area contributed by atoms with E-state index in [4.69, 9.17) is 11.8 Å². The van der Waals surface area contributed by atoms with Crippen molar-refractivity contribution in [2.75, 3.05) is 4.42 Å². The van der Waals surface area contributed by atoms with Crippen molar-refractivity contribution >= 4 is 34.1 Å². The van der Waals surface area contributed by atoms with E-state index in [9.17, 15) is 4.79 Å². The van der Waals surface area contributed by atoms with Gasteiger partial charge in [-0.1, -0.05) is 54.6 Å². The first-order chi connectivity index (χ1) is 9.77. The maximum atomic E-state index is 12.6. The number of hydrogen-bond donors (Lipinski definition) is 0. The number of carbonyl (C=O) groups excluding carboxylic acids is 1. The summed E-state index contributed by atoms with van der Waals surface area (Å²) in [5, 5.41) is 1.93. The Balaban J connectivity index is 2.05. The minimum absolute atomic E-state index is 0.227. The molecule has 98 valence electrons. The Morgan fingerprint density at radius 3 is 2.25 bits per heavy atom. The normalized spacial score (nSPS) is 10.4. The fourth-order valence-corrected chi connectivity index (χ4v) is 2.40. The largest absolute Gasteiger partial charge is 0.273 e. The maximum Gasteiger partial charge on any atom is 0.273 e. The Kier molecular flexibility index (Phi) is 3.40. The van der Waals surface area contributed by atoms with Crippen LogP contribution in [-0.4, -0.2) is 5.91 Å². The molecule has 1 amide bonds. The van der Waals surface area contributed by atoms with Gasteiger partial charge in [0.05, 0.1) is 5.69 Å². The van der Waals surface area contributed by atoms with E-state index >= 15 is 0 Å². The van der Waals surface area contributed by atoms with E-state index in [1.807, 2.05) is 54.6 Å². The molecule has 0 saturated carbocycles. The molecule has 0 heterocycles. The molecule has 0 unspecified atom stereocenters. The number of carbonyl (C=O) groups is 1. The summed E-state index contributed by atoms with van der Waals surface area (Å²) in [5.41, 5.74) is 1.26. The van der Waals surface area contributed by atoms with E-state index in [0.717, 1.165) is 15.2 Å². The van der Waals surface area contributed by atoms with Gasteiger partial charge in [-0.15, -0.1) is 0 Å². The van der Waals surface area contributed by atoms with Gasteiger partial charge in [0, 0.05) is 17.3 Å². The molecule has 0 saturated heterocycles. The van der Waals surface area contributed by atoms with Gasteiger partial charge < -0.3 is 0 Å². The first-order valence-electron chi connectivity index (χ1n) is 6.30. The molecule has 3 rings (SSSR count). The van der Waals surface area contributed by atoms with Crippen LogP contribution in [0.4, 0.5) is 5.69 Å². The van der Waals surface area contributed by atoms with Crippen molar-refractivity contribution in [2.24, 2.45) is 0 Å². The highest BCUT2D eigenvalue weighted by atomic mass is 35.5. The van der Waals surface area contributed by atoms with Crippen molar-refractivity contribution in [1.29, 1.82) is 0 Å². The van der Waals surface area contributed by atoms with Crippen LogP contribution in [-0.2, 0) is 0 Å². The summed E-state index contributed by atoms with van der Waals surface area (Å²) in [7, 11) is 0. The molecule has 0 aliphatic carbocycles. The third-order valence-electron chi connectivity index (χ3n) is 3.18. The highest BCUT2D eigenvalue weighted by molar-refractivity contribution is 6.40. The summed E-state index contributed by atoms with van der Waals surface area (Å²) in [4.78, 5) is 12.6. The molecule has 3 aromatic carbocycles. The first-order valence-corrected chi connectivity index (χ1v) is 6.64. The standard InChI is InChI=1S/C17H12ClNO/c18-19(14-9-2-1-3-10-14)17(20)16-12-6-8-13-7-4-5-11-15(13)16/h1-12H. The van der Waals surface area contributed by atoms with Gasteiger partial charge in [-0.3, -0.25) is 4.79 Å². The van der Waals surface area contributed by atoms with Crippen molar-refractivity contribution in [3.05, 3.63) is 78.4 Å². The van der Waals surface area contributed by atoms with E-state index in [1.54, 1.807) is 18.2 Å². The molecular formula is C17H12ClNO. The maximum absolute atomic E-state index is 12.6. The number of halogens is 1. The molecule has 2 nitrogen and oxygen atoms in total. The number of anilines is 1. The predicted octanol–water partition coefficient (Wildman–Crippen LogP) is 4.64. The quantitative estimate of drug-likeness (QED) is 0.627. The van der Waals surface area contributed by atoms with Gasteiger partial charge in [-0.05, 0) is 29.0 Å². The zero-order valence-corrected chi connectivity index (χ0v) is 11.4. The molecule has 0 spiro atoms. The number of amides is 1. The topological polar surface area (TPSA) is 20.3 Å². The summed E-state index contributed by atoms with van der Waals surface area (Å²) < 4.78 is 1.15. The molecule has 0 aliphatic heterocycles. The second-order valence-electron chi connectivity index (χ2n) is 4.45. The molecule has 0 fully saturated rings. The summed E-state index contributed by atoms with van der Waals surface area (Å²) in [5.74, 6) is -0.227. The van der Waals surface area contributed by atoms with Crippen molar-refractivity contribution in [2.45, 2.75) is 0 Å². The third-order valence-corrected chi connectivity index (χ3v) is 3.53. The van der Waals surface area contributed by atoms with E-state index in [-0.39, 0.29) is 5.91 Å². The minimum Gasteiger partial charge on any atom is -0.267 e. The van der Waals surface area contributed by atoms with Crippen LogP contribution in [0.25, 0.3) is 10.8 Å². The number of hydrogen-bond acceptors (Lipinski definition) is 1. The molecule has 20 heavy (non-hydrogen) atoms. The summed E-state index contributed by atoms with van der Waals surface area (Å²) in [6.07, 6.45) is 0. The lowest BCUT2D eigenvalue weighted by molar-refractivity contribution is 0.101. The van der Waals surface area contributed by atoms with Crippen molar-refractivity contribution < 1.29 is 4.79 Å².